The van der Waals surface area contributed by atoms with Crippen molar-refractivity contribution in [1.29, 1.82) is 0 Å². The lowest BCUT2D eigenvalue weighted by molar-refractivity contribution is 0.435. The smallest absolute Gasteiger partial charge is 0.167 e. The van der Waals surface area contributed by atoms with Crippen molar-refractivity contribution in [1.82, 2.24) is 15.1 Å². The van der Waals surface area contributed by atoms with E-state index in [0.717, 1.165) is 22.6 Å². The molecule has 0 unspecified atom stereocenters. The molecule has 82 valence electrons. The van der Waals surface area contributed by atoms with Gasteiger partial charge in [-0.25, -0.2) is 9.97 Å². The van der Waals surface area contributed by atoms with Crippen molar-refractivity contribution < 1.29 is 4.52 Å². The van der Waals surface area contributed by atoms with Crippen LogP contribution in [0.2, 0.25) is 0 Å². The molecule has 1 aromatic carbocycles. The van der Waals surface area contributed by atoms with E-state index in [1.54, 1.807) is 12.4 Å². The Morgan fingerprint density at radius 1 is 0.882 bits per heavy atom. The Labute approximate surface area is 98.0 Å². The summed E-state index contributed by atoms with van der Waals surface area (Å²) in [5.41, 5.74) is 2.59. The van der Waals surface area contributed by atoms with Crippen LogP contribution in [-0.2, 0) is 0 Å². The van der Waals surface area contributed by atoms with Crippen molar-refractivity contribution in [3.8, 4) is 22.6 Å². The molecule has 0 N–H and O–H groups in total. The van der Waals surface area contributed by atoms with Crippen LogP contribution in [0.25, 0.3) is 22.6 Å². The molecule has 0 fully saturated rings. The molecule has 2 heterocycles. The third-order valence-electron chi connectivity index (χ3n) is 2.42. The molecule has 0 aliphatic heterocycles. The lowest BCUT2D eigenvalue weighted by Crippen LogP contribution is -1.80. The first-order chi connectivity index (χ1) is 8.43. The maximum absolute atomic E-state index is 5.30. The fraction of sp³-hybridized carbons (Fsp3) is 0. The Balaban J connectivity index is 1.99. The van der Waals surface area contributed by atoms with Crippen molar-refractivity contribution in [3.05, 3.63) is 55.1 Å². The van der Waals surface area contributed by atoms with E-state index < -0.39 is 0 Å². The fourth-order valence-electron chi connectivity index (χ4n) is 1.58. The van der Waals surface area contributed by atoms with Gasteiger partial charge in [-0.1, -0.05) is 35.5 Å². The van der Waals surface area contributed by atoms with Crippen molar-refractivity contribution in [2.45, 2.75) is 0 Å². The Hall–Kier alpha value is -2.49. The SMILES string of the molecule is c1ccc(-c2cc(-c3cncnc3)no2)cc1. The van der Waals surface area contributed by atoms with Gasteiger partial charge in [0.05, 0.1) is 0 Å². The minimum Gasteiger partial charge on any atom is -0.356 e. The molecule has 0 radical (unpaired) electrons. The van der Waals surface area contributed by atoms with Gasteiger partial charge in [0, 0.05) is 29.6 Å². The van der Waals surface area contributed by atoms with E-state index in [2.05, 4.69) is 15.1 Å². The summed E-state index contributed by atoms with van der Waals surface area (Å²) in [6, 6.07) is 11.7. The van der Waals surface area contributed by atoms with E-state index in [0.29, 0.717) is 0 Å². The van der Waals surface area contributed by atoms with Gasteiger partial charge in [-0.2, -0.15) is 0 Å². The summed E-state index contributed by atoms with van der Waals surface area (Å²) < 4.78 is 5.30. The molecule has 2 aromatic heterocycles. The molecule has 3 rings (SSSR count). The molecule has 0 atom stereocenters. The maximum Gasteiger partial charge on any atom is 0.167 e. The number of nitrogens with zero attached hydrogens (tertiary/aromatic N) is 3. The summed E-state index contributed by atoms with van der Waals surface area (Å²) in [4.78, 5) is 7.90. The summed E-state index contributed by atoms with van der Waals surface area (Å²) in [6.45, 7) is 0. The first-order valence-electron chi connectivity index (χ1n) is 5.21. The Kier molecular flexibility index (Phi) is 2.38. The third kappa shape index (κ3) is 1.92. The van der Waals surface area contributed by atoms with E-state index in [4.69, 9.17) is 4.52 Å². The average Bonchev–Trinajstić information content (AvgIpc) is 2.90. The molecule has 0 amide bonds. The van der Waals surface area contributed by atoms with Crippen molar-refractivity contribution in [2.24, 2.45) is 0 Å². The van der Waals surface area contributed by atoms with Crippen LogP contribution in [0.3, 0.4) is 0 Å². The number of rotatable bonds is 2. The molecule has 4 heteroatoms. The molecule has 17 heavy (non-hydrogen) atoms. The highest BCUT2D eigenvalue weighted by Gasteiger charge is 2.08. The van der Waals surface area contributed by atoms with Gasteiger partial charge < -0.3 is 4.52 Å². The van der Waals surface area contributed by atoms with Crippen LogP contribution in [-0.4, -0.2) is 15.1 Å². The summed E-state index contributed by atoms with van der Waals surface area (Å²) in [5.74, 6) is 0.740. The number of benzene rings is 1. The minimum absolute atomic E-state index is 0.740. The largest absolute Gasteiger partial charge is 0.356 e. The van der Waals surface area contributed by atoms with Crippen molar-refractivity contribution >= 4 is 0 Å². The van der Waals surface area contributed by atoms with Gasteiger partial charge in [0.2, 0.25) is 0 Å². The fourth-order valence-corrected chi connectivity index (χ4v) is 1.58. The third-order valence-corrected chi connectivity index (χ3v) is 2.42. The zero-order chi connectivity index (χ0) is 11.5. The topological polar surface area (TPSA) is 51.8 Å². The minimum atomic E-state index is 0.740. The van der Waals surface area contributed by atoms with Crippen LogP contribution in [0.4, 0.5) is 0 Å². The van der Waals surface area contributed by atoms with Crippen LogP contribution < -0.4 is 0 Å². The highest BCUT2D eigenvalue weighted by Crippen LogP contribution is 2.24. The molecule has 0 saturated carbocycles. The first-order valence-corrected chi connectivity index (χ1v) is 5.21. The first kappa shape index (κ1) is 9.72. The van der Waals surface area contributed by atoms with Gasteiger partial charge in [-0.15, -0.1) is 0 Å². The molecule has 0 spiro atoms. The molecule has 4 nitrogen and oxygen atoms in total. The number of aromatic nitrogens is 3. The predicted octanol–water partition coefficient (Wildman–Crippen LogP) is 2.80. The van der Waals surface area contributed by atoms with E-state index >= 15 is 0 Å². The zero-order valence-corrected chi connectivity index (χ0v) is 8.95. The summed E-state index contributed by atoms with van der Waals surface area (Å²) in [6.07, 6.45) is 4.90. The van der Waals surface area contributed by atoms with E-state index in [9.17, 15) is 0 Å². The average molecular weight is 223 g/mol. The van der Waals surface area contributed by atoms with E-state index in [1.165, 1.54) is 6.33 Å². The summed E-state index contributed by atoms with van der Waals surface area (Å²) in [5, 5.41) is 4.01. The predicted molar refractivity (Wildman–Crippen MR) is 63.0 cm³/mol. The summed E-state index contributed by atoms with van der Waals surface area (Å²) >= 11 is 0. The van der Waals surface area contributed by atoms with Gasteiger partial charge >= 0.3 is 0 Å². The van der Waals surface area contributed by atoms with E-state index in [1.807, 2.05) is 36.4 Å². The maximum atomic E-state index is 5.30. The van der Waals surface area contributed by atoms with Gasteiger partial charge in [-0.3, -0.25) is 0 Å². The molecular weight excluding hydrogens is 214 g/mol. The van der Waals surface area contributed by atoms with Gasteiger partial charge in [0.25, 0.3) is 0 Å². The van der Waals surface area contributed by atoms with Crippen LogP contribution in [0.1, 0.15) is 0 Å². The van der Waals surface area contributed by atoms with Crippen molar-refractivity contribution in [3.63, 3.8) is 0 Å². The quantitative estimate of drug-likeness (QED) is 0.670. The van der Waals surface area contributed by atoms with Crippen LogP contribution in [0, 0.1) is 0 Å². The monoisotopic (exact) mass is 223 g/mol. The van der Waals surface area contributed by atoms with Crippen LogP contribution in [0.15, 0.2) is 59.6 Å². The van der Waals surface area contributed by atoms with E-state index in [-0.39, 0.29) is 0 Å². The molecule has 0 aliphatic rings. The molecule has 0 aliphatic carbocycles. The van der Waals surface area contributed by atoms with Gasteiger partial charge in [-0.05, 0) is 0 Å². The molecule has 0 bridgehead atoms. The van der Waals surface area contributed by atoms with Gasteiger partial charge in [0.1, 0.15) is 12.0 Å². The standard InChI is InChI=1S/C13H9N3O/c1-2-4-10(5-3-1)13-6-12(16-17-13)11-7-14-9-15-8-11/h1-9H. The number of hydrogen-bond donors (Lipinski definition) is 0. The Bertz CT molecular complexity index is 551. The zero-order valence-electron chi connectivity index (χ0n) is 8.95. The van der Waals surface area contributed by atoms with Crippen LogP contribution in [0.5, 0.6) is 0 Å². The van der Waals surface area contributed by atoms with Gasteiger partial charge in [0.15, 0.2) is 5.76 Å². The summed E-state index contributed by atoms with van der Waals surface area (Å²) in [7, 11) is 0. The normalized spacial score (nSPS) is 10.4. The molecular formula is C13H9N3O. The molecule has 0 saturated heterocycles. The highest BCUT2D eigenvalue weighted by atomic mass is 16.5. The molecule has 3 aromatic rings. The lowest BCUT2D eigenvalue weighted by Gasteiger charge is -1.92. The van der Waals surface area contributed by atoms with Crippen LogP contribution >= 0.6 is 0 Å². The Morgan fingerprint density at radius 3 is 2.41 bits per heavy atom. The second-order valence-electron chi connectivity index (χ2n) is 3.57. The lowest BCUT2D eigenvalue weighted by atomic mass is 10.1. The number of hydrogen-bond acceptors (Lipinski definition) is 4. The second-order valence-corrected chi connectivity index (χ2v) is 3.57. The highest BCUT2D eigenvalue weighted by molar-refractivity contribution is 5.65. The second kappa shape index (κ2) is 4.17. The Morgan fingerprint density at radius 2 is 1.65 bits per heavy atom. The van der Waals surface area contributed by atoms with Crippen molar-refractivity contribution in [2.75, 3.05) is 0 Å².